The molecule has 0 unspecified atom stereocenters. The Morgan fingerprint density at radius 1 is 1.09 bits per heavy atom. The number of aliphatic hydroxyl groups is 1. The lowest BCUT2D eigenvalue weighted by molar-refractivity contribution is -0.138. The van der Waals surface area contributed by atoms with E-state index in [0.29, 0.717) is 18.3 Å². The molecule has 3 saturated carbocycles. The quantitative estimate of drug-likeness (QED) is 0.263. The molecular formula is C33H54O2. The van der Waals surface area contributed by atoms with Crippen LogP contribution in [0.5, 0.6) is 0 Å². The molecule has 0 bridgehead atoms. The van der Waals surface area contributed by atoms with Crippen LogP contribution in [0.1, 0.15) is 125 Å². The average molecular weight is 483 g/mol. The zero-order valence-corrected chi connectivity index (χ0v) is 23.7. The molecule has 0 amide bonds. The van der Waals surface area contributed by atoms with Crippen molar-refractivity contribution in [1.82, 2.24) is 0 Å². The topological polar surface area (TPSA) is 37.3 Å². The van der Waals surface area contributed by atoms with Gasteiger partial charge < -0.3 is 5.11 Å². The minimum atomic E-state index is -1.19. The standard InChI is InChI=1S/C33H54O2/c1-7-8-9-13-30(34)33(35)21-20-31(5)25(22-33)14-15-26-28-17-16-27(24(4)12-10-11-23(2)3)32(28,6)19-18-29(26)31/h9,13-14,23-24,26-29,35H,7-8,10-12,15-22H2,1-6H3/t24-,26+,27-,28+,29+,31+,32-,33+/m1/s1. The molecule has 4 aliphatic rings. The maximum absolute atomic E-state index is 12.9. The van der Waals surface area contributed by atoms with Crippen LogP contribution in [-0.2, 0) is 4.79 Å². The Morgan fingerprint density at radius 2 is 1.86 bits per heavy atom. The molecule has 1 N–H and O–H groups in total. The third-order valence-corrected chi connectivity index (χ3v) is 11.6. The number of allylic oxidation sites excluding steroid dienone is 2. The Morgan fingerprint density at radius 3 is 2.57 bits per heavy atom. The molecule has 8 atom stereocenters. The van der Waals surface area contributed by atoms with Gasteiger partial charge in [0.05, 0.1) is 0 Å². The summed E-state index contributed by atoms with van der Waals surface area (Å²) in [6, 6.07) is 0. The number of carbonyl (C=O) groups excluding carboxylic acids is 1. The van der Waals surface area contributed by atoms with Gasteiger partial charge in [0.1, 0.15) is 5.60 Å². The number of ketones is 1. The molecule has 0 spiro atoms. The van der Waals surface area contributed by atoms with Crippen LogP contribution >= 0.6 is 0 Å². The number of hydrogen-bond acceptors (Lipinski definition) is 2. The van der Waals surface area contributed by atoms with Crippen LogP contribution in [0.3, 0.4) is 0 Å². The van der Waals surface area contributed by atoms with Crippen molar-refractivity contribution in [2.24, 2.45) is 46.3 Å². The van der Waals surface area contributed by atoms with Gasteiger partial charge in [-0.3, -0.25) is 4.79 Å². The van der Waals surface area contributed by atoms with Gasteiger partial charge in [-0.2, -0.15) is 0 Å². The first-order valence-electron chi connectivity index (χ1n) is 15.2. The van der Waals surface area contributed by atoms with Crippen LogP contribution in [-0.4, -0.2) is 16.5 Å². The molecular weight excluding hydrogens is 428 g/mol. The van der Waals surface area contributed by atoms with Crippen LogP contribution in [0.2, 0.25) is 0 Å². The first-order chi connectivity index (χ1) is 16.5. The van der Waals surface area contributed by atoms with Crippen molar-refractivity contribution in [3.63, 3.8) is 0 Å². The van der Waals surface area contributed by atoms with Gasteiger partial charge in [0.2, 0.25) is 0 Å². The zero-order valence-electron chi connectivity index (χ0n) is 23.7. The van der Waals surface area contributed by atoms with E-state index in [0.717, 1.165) is 54.8 Å². The number of rotatable bonds is 9. The summed E-state index contributed by atoms with van der Waals surface area (Å²) < 4.78 is 0. The summed E-state index contributed by atoms with van der Waals surface area (Å²) in [4.78, 5) is 12.9. The Hall–Kier alpha value is -0.890. The zero-order chi connectivity index (χ0) is 25.4. The fraction of sp³-hybridized carbons (Fsp3) is 0.848. The van der Waals surface area contributed by atoms with E-state index in [1.54, 1.807) is 6.08 Å². The molecule has 4 rings (SSSR count). The monoisotopic (exact) mass is 482 g/mol. The maximum Gasteiger partial charge on any atom is 0.187 e. The lowest BCUT2D eigenvalue weighted by Gasteiger charge is -2.59. The normalized spacial score (nSPS) is 41.9. The third-order valence-electron chi connectivity index (χ3n) is 11.6. The summed E-state index contributed by atoms with van der Waals surface area (Å²) in [6.07, 6.45) is 21.1. The minimum absolute atomic E-state index is 0.0719. The number of hydrogen-bond donors (Lipinski definition) is 1. The van der Waals surface area contributed by atoms with Crippen molar-refractivity contribution in [2.75, 3.05) is 0 Å². The highest BCUT2D eigenvalue weighted by atomic mass is 16.3. The van der Waals surface area contributed by atoms with Gasteiger partial charge in [0.15, 0.2) is 5.78 Å². The third kappa shape index (κ3) is 4.99. The summed E-state index contributed by atoms with van der Waals surface area (Å²) in [5.41, 5.74) is 0.889. The first-order valence-corrected chi connectivity index (χ1v) is 15.2. The van der Waals surface area contributed by atoms with Crippen molar-refractivity contribution >= 4 is 5.78 Å². The Bertz CT molecular complexity index is 823. The van der Waals surface area contributed by atoms with Crippen LogP contribution in [0, 0.1) is 46.3 Å². The van der Waals surface area contributed by atoms with Crippen LogP contribution in [0.4, 0.5) is 0 Å². The van der Waals surface area contributed by atoms with E-state index >= 15 is 0 Å². The molecule has 3 fully saturated rings. The smallest absolute Gasteiger partial charge is 0.187 e. The van der Waals surface area contributed by atoms with Crippen molar-refractivity contribution < 1.29 is 9.90 Å². The molecule has 0 aliphatic heterocycles. The van der Waals surface area contributed by atoms with Gasteiger partial charge in [-0.15, -0.1) is 0 Å². The summed E-state index contributed by atoms with van der Waals surface area (Å²) in [5.74, 6) is 4.87. The lowest BCUT2D eigenvalue weighted by atomic mass is 9.46. The maximum atomic E-state index is 12.9. The molecule has 2 heteroatoms. The summed E-state index contributed by atoms with van der Waals surface area (Å²) in [6.45, 7) is 14.5. The molecule has 4 aliphatic carbocycles. The molecule has 198 valence electrons. The molecule has 0 heterocycles. The van der Waals surface area contributed by atoms with Gasteiger partial charge in [0, 0.05) is 6.42 Å². The molecule has 0 saturated heterocycles. The molecule has 0 aromatic heterocycles. The van der Waals surface area contributed by atoms with E-state index in [1.807, 2.05) is 6.08 Å². The predicted molar refractivity (Wildman–Crippen MR) is 147 cm³/mol. The van der Waals surface area contributed by atoms with Crippen LogP contribution < -0.4 is 0 Å². The van der Waals surface area contributed by atoms with E-state index in [1.165, 1.54) is 56.9 Å². The summed E-state index contributed by atoms with van der Waals surface area (Å²) in [7, 11) is 0. The molecule has 2 nitrogen and oxygen atoms in total. The molecule has 0 aromatic rings. The SMILES string of the molecule is CCCC=CC(=O)[C@]1(O)CC[C@@]2(C)C(=CC[C@H]3[C@@H]4CC[C@H]([C@H](C)CCCC(C)C)[C@@]4(C)CC[C@@H]32)C1. The van der Waals surface area contributed by atoms with E-state index in [2.05, 4.69) is 47.6 Å². The second kappa shape index (κ2) is 10.5. The lowest BCUT2D eigenvalue weighted by Crippen LogP contribution is -2.53. The fourth-order valence-corrected chi connectivity index (χ4v) is 9.39. The fourth-order valence-electron chi connectivity index (χ4n) is 9.39. The molecule has 35 heavy (non-hydrogen) atoms. The van der Waals surface area contributed by atoms with Crippen molar-refractivity contribution in [1.29, 1.82) is 0 Å². The first kappa shape index (κ1) is 27.2. The van der Waals surface area contributed by atoms with Gasteiger partial charge in [-0.25, -0.2) is 0 Å². The largest absolute Gasteiger partial charge is 0.381 e. The van der Waals surface area contributed by atoms with Gasteiger partial charge in [-0.05, 0) is 104 Å². The number of unbranched alkanes of at least 4 members (excludes halogenated alkanes) is 1. The van der Waals surface area contributed by atoms with Gasteiger partial charge >= 0.3 is 0 Å². The highest BCUT2D eigenvalue weighted by molar-refractivity contribution is 5.97. The minimum Gasteiger partial charge on any atom is -0.381 e. The van der Waals surface area contributed by atoms with Crippen molar-refractivity contribution in [2.45, 2.75) is 131 Å². The van der Waals surface area contributed by atoms with Crippen molar-refractivity contribution in [3.8, 4) is 0 Å². The van der Waals surface area contributed by atoms with E-state index in [4.69, 9.17) is 0 Å². The van der Waals surface area contributed by atoms with E-state index in [9.17, 15) is 9.90 Å². The second-order valence-electron chi connectivity index (χ2n) is 14.1. The Balaban J connectivity index is 1.47. The molecule has 0 radical (unpaired) electrons. The highest BCUT2D eigenvalue weighted by Gasteiger charge is 2.60. The van der Waals surface area contributed by atoms with Crippen molar-refractivity contribution in [3.05, 3.63) is 23.8 Å². The number of fused-ring (bicyclic) bond motifs is 5. The van der Waals surface area contributed by atoms with Gasteiger partial charge in [-0.1, -0.05) is 85.0 Å². The van der Waals surface area contributed by atoms with Crippen LogP contribution in [0.15, 0.2) is 23.8 Å². The number of carbonyl (C=O) groups is 1. The van der Waals surface area contributed by atoms with Gasteiger partial charge in [0.25, 0.3) is 0 Å². The highest BCUT2D eigenvalue weighted by Crippen LogP contribution is 2.67. The second-order valence-corrected chi connectivity index (χ2v) is 14.1. The van der Waals surface area contributed by atoms with E-state index in [-0.39, 0.29) is 11.2 Å². The molecule has 0 aromatic carbocycles. The Kier molecular flexibility index (Phi) is 8.12. The summed E-state index contributed by atoms with van der Waals surface area (Å²) in [5, 5.41) is 11.3. The van der Waals surface area contributed by atoms with Crippen LogP contribution in [0.25, 0.3) is 0 Å². The summed E-state index contributed by atoms with van der Waals surface area (Å²) >= 11 is 0. The average Bonchev–Trinajstić information content (AvgIpc) is 3.16. The predicted octanol–water partition coefficient (Wildman–Crippen LogP) is 8.68. The van der Waals surface area contributed by atoms with E-state index < -0.39 is 5.60 Å². The Labute approximate surface area is 216 Å².